The number of benzene rings is 1. The van der Waals surface area contributed by atoms with Gasteiger partial charge >= 0.3 is 0 Å². The first kappa shape index (κ1) is 18.3. The second-order valence-corrected chi connectivity index (χ2v) is 8.00. The molecule has 23 heavy (non-hydrogen) atoms. The van der Waals surface area contributed by atoms with Crippen LogP contribution in [0.5, 0.6) is 11.5 Å². The molecule has 0 radical (unpaired) electrons. The van der Waals surface area contributed by atoms with Crippen LogP contribution in [0.3, 0.4) is 0 Å². The fourth-order valence-electron chi connectivity index (χ4n) is 3.06. The zero-order chi connectivity index (χ0) is 15.9. The summed E-state index contributed by atoms with van der Waals surface area (Å²) in [4.78, 5) is 0.294. The van der Waals surface area contributed by atoms with Crippen molar-refractivity contribution in [2.24, 2.45) is 11.7 Å². The van der Waals surface area contributed by atoms with Crippen molar-refractivity contribution < 1.29 is 17.9 Å². The van der Waals surface area contributed by atoms with Gasteiger partial charge in [0.25, 0.3) is 0 Å². The average molecular weight is 363 g/mol. The van der Waals surface area contributed by atoms with E-state index in [0.717, 1.165) is 12.8 Å². The van der Waals surface area contributed by atoms with E-state index in [0.29, 0.717) is 35.0 Å². The number of ether oxygens (including phenoxy) is 2. The van der Waals surface area contributed by atoms with E-state index in [1.54, 1.807) is 23.4 Å². The molecule has 0 aromatic heterocycles. The maximum atomic E-state index is 13.0. The second-order valence-electron chi connectivity index (χ2n) is 6.10. The van der Waals surface area contributed by atoms with Crippen molar-refractivity contribution in [1.29, 1.82) is 0 Å². The van der Waals surface area contributed by atoms with Crippen molar-refractivity contribution in [3.63, 3.8) is 0 Å². The smallest absolute Gasteiger partial charge is 0.243 e. The first-order valence-electron chi connectivity index (χ1n) is 7.55. The van der Waals surface area contributed by atoms with Crippen molar-refractivity contribution in [3.8, 4) is 11.5 Å². The largest absolute Gasteiger partial charge is 0.454 e. The zero-order valence-corrected chi connectivity index (χ0v) is 15.0. The summed E-state index contributed by atoms with van der Waals surface area (Å²) in [6.45, 7) is 4.87. The minimum absolute atomic E-state index is 0. The van der Waals surface area contributed by atoms with Crippen LogP contribution >= 0.6 is 12.4 Å². The molecule has 0 aliphatic carbocycles. The maximum Gasteiger partial charge on any atom is 0.243 e. The minimum atomic E-state index is -3.54. The number of aryl methyl sites for hydroxylation is 1. The summed E-state index contributed by atoms with van der Waals surface area (Å²) in [5.41, 5.74) is 6.63. The Bertz CT molecular complexity index is 678. The Morgan fingerprint density at radius 1 is 1.30 bits per heavy atom. The van der Waals surface area contributed by atoms with E-state index in [-0.39, 0.29) is 31.2 Å². The molecule has 6 nitrogen and oxygen atoms in total. The molecule has 2 aliphatic rings. The van der Waals surface area contributed by atoms with Crippen LogP contribution in [0.25, 0.3) is 0 Å². The van der Waals surface area contributed by atoms with E-state index in [1.165, 1.54) is 0 Å². The summed E-state index contributed by atoms with van der Waals surface area (Å²) in [6.07, 6.45) is 1.82. The maximum absolute atomic E-state index is 13.0. The van der Waals surface area contributed by atoms with Crippen LogP contribution in [0, 0.1) is 12.8 Å². The molecule has 8 heteroatoms. The molecule has 1 aromatic rings. The number of halogens is 1. The van der Waals surface area contributed by atoms with E-state index >= 15 is 0 Å². The van der Waals surface area contributed by atoms with Crippen LogP contribution in [-0.4, -0.2) is 38.6 Å². The summed E-state index contributed by atoms with van der Waals surface area (Å²) in [5, 5.41) is 0. The van der Waals surface area contributed by atoms with Gasteiger partial charge in [-0.25, -0.2) is 8.42 Å². The van der Waals surface area contributed by atoms with E-state index in [1.807, 2.05) is 6.92 Å². The molecule has 0 spiro atoms. The number of hydrogen-bond donors (Lipinski definition) is 1. The van der Waals surface area contributed by atoms with Crippen LogP contribution in [0.2, 0.25) is 0 Å². The standard InChI is InChI=1S/C15H22N2O4S.ClH/c1-10-6-13-14(21-9-20-13)7-15(10)22(18,19)17-5-3-4-12(8-17)11(2)16;/h6-7,11-12H,3-5,8-9,16H2,1-2H3;1H. The molecule has 0 amide bonds. The highest BCUT2D eigenvalue weighted by Gasteiger charge is 2.33. The van der Waals surface area contributed by atoms with E-state index in [9.17, 15) is 8.42 Å². The highest BCUT2D eigenvalue weighted by molar-refractivity contribution is 7.89. The number of hydrogen-bond acceptors (Lipinski definition) is 5. The Morgan fingerprint density at radius 3 is 2.61 bits per heavy atom. The zero-order valence-electron chi connectivity index (χ0n) is 13.3. The molecular formula is C15H23ClN2O4S. The number of piperidine rings is 1. The summed E-state index contributed by atoms with van der Waals surface area (Å²) >= 11 is 0. The molecule has 3 rings (SSSR count). The fourth-order valence-corrected chi connectivity index (χ4v) is 4.82. The van der Waals surface area contributed by atoms with Crippen molar-refractivity contribution in [2.45, 2.75) is 37.6 Å². The number of sulfonamides is 1. The van der Waals surface area contributed by atoms with Gasteiger partial charge in [0.15, 0.2) is 11.5 Å². The van der Waals surface area contributed by atoms with Gasteiger partial charge in [0.1, 0.15) is 0 Å². The molecule has 1 aromatic carbocycles. The lowest BCUT2D eigenvalue weighted by molar-refractivity contribution is 0.174. The Morgan fingerprint density at radius 2 is 1.96 bits per heavy atom. The van der Waals surface area contributed by atoms with Gasteiger partial charge in [-0.1, -0.05) is 0 Å². The molecule has 2 aliphatic heterocycles. The second kappa shape index (κ2) is 6.84. The third-order valence-electron chi connectivity index (χ3n) is 4.45. The van der Waals surface area contributed by atoms with Gasteiger partial charge < -0.3 is 15.2 Å². The molecule has 2 N–H and O–H groups in total. The third kappa shape index (κ3) is 3.42. The Balaban J connectivity index is 0.00000192. The first-order valence-corrected chi connectivity index (χ1v) is 8.99. The van der Waals surface area contributed by atoms with Gasteiger partial charge in [-0.3, -0.25) is 0 Å². The first-order chi connectivity index (χ1) is 10.4. The third-order valence-corrected chi connectivity index (χ3v) is 6.46. The fraction of sp³-hybridized carbons (Fsp3) is 0.600. The Kier molecular flexibility index (Phi) is 5.45. The highest BCUT2D eigenvalue weighted by Crippen LogP contribution is 2.37. The summed E-state index contributed by atoms with van der Waals surface area (Å²) in [6, 6.07) is 3.29. The van der Waals surface area contributed by atoms with Crippen LogP contribution in [0.4, 0.5) is 0 Å². The molecule has 0 saturated carbocycles. The predicted octanol–water partition coefficient (Wildman–Crippen LogP) is 1.89. The molecule has 1 fully saturated rings. The van der Waals surface area contributed by atoms with E-state index < -0.39 is 10.0 Å². The molecule has 0 bridgehead atoms. The molecule has 130 valence electrons. The molecule has 1 saturated heterocycles. The summed E-state index contributed by atoms with van der Waals surface area (Å²) < 4.78 is 38.1. The van der Waals surface area contributed by atoms with Gasteiger partial charge in [-0.15, -0.1) is 12.4 Å². The Labute approximate surface area is 143 Å². The summed E-state index contributed by atoms with van der Waals surface area (Å²) in [5.74, 6) is 1.30. The quantitative estimate of drug-likeness (QED) is 0.887. The van der Waals surface area contributed by atoms with Gasteiger partial charge in [-0.2, -0.15) is 4.31 Å². The number of fused-ring (bicyclic) bond motifs is 1. The van der Waals surface area contributed by atoms with Crippen LogP contribution in [0.15, 0.2) is 17.0 Å². The van der Waals surface area contributed by atoms with Crippen LogP contribution < -0.4 is 15.2 Å². The Hall–Kier alpha value is -1.02. The predicted molar refractivity (Wildman–Crippen MR) is 89.7 cm³/mol. The highest BCUT2D eigenvalue weighted by atomic mass is 35.5. The lowest BCUT2D eigenvalue weighted by Crippen LogP contribution is -2.45. The lowest BCUT2D eigenvalue weighted by atomic mass is 9.93. The SMILES string of the molecule is Cc1cc2c(cc1S(=O)(=O)N1CCCC(C(C)N)C1)OCO2.Cl. The topological polar surface area (TPSA) is 81.9 Å². The van der Waals surface area contributed by atoms with Crippen molar-refractivity contribution in [2.75, 3.05) is 19.9 Å². The van der Waals surface area contributed by atoms with Gasteiger partial charge in [0, 0.05) is 25.2 Å². The molecule has 2 atom stereocenters. The number of rotatable bonds is 3. The normalized spacial score (nSPS) is 22.5. The van der Waals surface area contributed by atoms with Crippen LogP contribution in [-0.2, 0) is 10.0 Å². The summed E-state index contributed by atoms with van der Waals surface area (Å²) in [7, 11) is -3.54. The lowest BCUT2D eigenvalue weighted by Gasteiger charge is -2.34. The van der Waals surface area contributed by atoms with Crippen molar-refractivity contribution in [1.82, 2.24) is 4.31 Å². The van der Waals surface area contributed by atoms with Crippen LogP contribution in [0.1, 0.15) is 25.3 Å². The van der Waals surface area contributed by atoms with Crippen molar-refractivity contribution >= 4 is 22.4 Å². The average Bonchev–Trinajstić information content (AvgIpc) is 2.93. The van der Waals surface area contributed by atoms with Gasteiger partial charge in [-0.05, 0) is 44.2 Å². The number of nitrogens with zero attached hydrogens (tertiary/aromatic N) is 1. The van der Waals surface area contributed by atoms with E-state index in [2.05, 4.69) is 0 Å². The monoisotopic (exact) mass is 362 g/mol. The van der Waals surface area contributed by atoms with Gasteiger partial charge in [0.2, 0.25) is 16.8 Å². The molecule has 2 unspecified atom stereocenters. The molecular weight excluding hydrogens is 340 g/mol. The minimum Gasteiger partial charge on any atom is -0.454 e. The van der Waals surface area contributed by atoms with Gasteiger partial charge in [0.05, 0.1) is 4.90 Å². The van der Waals surface area contributed by atoms with E-state index in [4.69, 9.17) is 15.2 Å². The number of nitrogens with two attached hydrogens (primary N) is 1. The van der Waals surface area contributed by atoms with Crippen molar-refractivity contribution in [3.05, 3.63) is 17.7 Å². The molecule has 2 heterocycles.